The summed E-state index contributed by atoms with van der Waals surface area (Å²) in [5, 5.41) is 0. The molecular weight excluding hydrogens is 273 g/mol. The molecule has 106 valence electrons. The average molecular weight is 289 g/mol. The van der Waals surface area contributed by atoms with E-state index in [2.05, 4.69) is 9.97 Å². The van der Waals surface area contributed by atoms with Crippen molar-refractivity contribution in [3.8, 4) is 0 Å². The topological polar surface area (TPSA) is 89.0 Å². The molecule has 0 bridgehead atoms. The Morgan fingerprint density at radius 1 is 1.47 bits per heavy atom. The molecule has 0 spiro atoms. The van der Waals surface area contributed by atoms with E-state index in [0.29, 0.717) is 17.9 Å². The third kappa shape index (κ3) is 4.55. The number of carbonyl (C=O) groups excluding carboxylic acids is 1. The highest BCUT2D eigenvalue weighted by Gasteiger charge is 2.19. The number of amides is 1. The van der Waals surface area contributed by atoms with E-state index < -0.39 is 28.4 Å². The standard InChI is InChI=1S/C11H16FN3O3S/c1-3-10-9(7-13-8(2)14-10)11(16)15-19(17,18)6-4-5-12/h7H,3-6H2,1-2H3,(H,15,16). The van der Waals surface area contributed by atoms with E-state index in [1.54, 1.807) is 13.8 Å². The molecule has 0 aromatic carbocycles. The molecule has 1 N–H and O–H groups in total. The highest BCUT2D eigenvalue weighted by atomic mass is 32.2. The van der Waals surface area contributed by atoms with Crippen molar-refractivity contribution in [2.24, 2.45) is 0 Å². The lowest BCUT2D eigenvalue weighted by Crippen LogP contribution is -2.33. The van der Waals surface area contributed by atoms with Gasteiger partial charge in [-0.2, -0.15) is 0 Å². The molecule has 0 saturated heterocycles. The van der Waals surface area contributed by atoms with E-state index in [1.807, 2.05) is 4.72 Å². The maximum Gasteiger partial charge on any atom is 0.268 e. The number of hydrogen-bond donors (Lipinski definition) is 1. The normalized spacial score (nSPS) is 11.3. The molecule has 1 amide bonds. The SMILES string of the molecule is CCc1nc(C)ncc1C(=O)NS(=O)(=O)CCCF. The van der Waals surface area contributed by atoms with Gasteiger partial charge in [0.1, 0.15) is 5.82 Å². The van der Waals surface area contributed by atoms with Crippen LogP contribution in [0.15, 0.2) is 6.20 Å². The van der Waals surface area contributed by atoms with E-state index in [9.17, 15) is 17.6 Å². The van der Waals surface area contributed by atoms with Crippen molar-refractivity contribution in [1.29, 1.82) is 0 Å². The molecule has 0 saturated carbocycles. The van der Waals surface area contributed by atoms with Crippen LogP contribution in [0.25, 0.3) is 0 Å². The van der Waals surface area contributed by atoms with Gasteiger partial charge in [0.15, 0.2) is 0 Å². The fourth-order valence-corrected chi connectivity index (χ4v) is 2.45. The second-order valence-corrected chi connectivity index (χ2v) is 5.77. The fourth-order valence-electron chi connectivity index (χ4n) is 1.47. The lowest BCUT2D eigenvalue weighted by atomic mass is 10.2. The van der Waals surface area contributed by atoms with E-state index >= 15 is 0 Å². The largest absolute Gasteiger partial charge is 0.268 e. The molecule has 0 fully saturated rings. The first-order chi connectivity index (χ1) is 8.89. The minimum absolute atomic E-state index is 0.122. The van der Waals surface area contributed by atoms with Crippen LogP contribution in [0.4, 0.5) is 4.39 Å². The number of nitrogens with one attached hydrogen (secondary N) is 1. The van der Waals surface area contributed by atoms with Crippen LogP contribution in [-0.4, -0.2) is 36.7 Å². The molecule has 1 aromatic heterocycles. The zero-order valence-electron chi connectivity index (χ0n) is 10.8. The quantitative estimate of drug-likeness (QED) is 0.835. The van der Waals surface area contributed by atoms with Crippen molar-refractivity contribution in [2.45, 2.75) is 26.7 Å². The maximum atomic E-state index is 11.9. The Morgan fingerprint density at radius 2 is 2.16 bits per heavy atom. The molecule has 6 nitrogen and oxygen atoms in total. The predicted octanol–water partition coefficient (Wildman–Crippen LogP) is 0.767. The van der Waals surface area contributed by atoms with Crippen molar-refractivity contribution < 1.29 is 17.6 Å². The van der Waals surface area contributed by atoms with Crippen LogP contribution < -0.4 is 4.72 Å². The summed E-state index contributed by atoms with van der Waals surface area (Å²) in [7, 11) is -3.82. The van der Waals surface area contributed by atoms with E-state index in [1.165, 1.54) is 6.20 Å². The van der Waals surface area contributed by atoms with Gasteiger partial charge >= 0.3 is 0 Å². The maximum absolute atomic E-state index is 11.9. The van der Waals surface area contributed by atoms with Crippen molar-refractivity contribution in [1.82, 2.24) is 14.7 Å². The Balaban J connectivity index is 2.90. The molecule has 1 rings (SSSR count). The van der Waals surface area contributed by atoms with Gasteiger partial charge in [0.25, 0.3) is 5.91 Å². The van der Waals surface area contributed by atoms with E-state index in [4.69, 9.17) is 0 Å². The summed E-state index contributed by atoms with van der Waals surface area (Å²) in [5.41, 5.74) is 0.600. The summed E-state index contributed by atoms with van der Waals surface area (Å²) in [5.74, 6) is -0.701. The number of carbonyl (C=O) groups is 1. The first-order valence-electron chi connectivity index (χ1n) is 5.83. The van der Waals surface area contributed by atoms with Gasteiger partial charge in [0, 0.05) is 6.20 Å². The van der Waals surface area contributed by atoms with Crippen molar-refractivity contribution in [3.63, 3.8) is 0 Å². The monoisotopic (exact) mass is 289 g/mol. The van der Waals surface area contributed by atoms with Crippen molar-refractivity contribution in [2.75, 3.05) is 12.4 Å². The summed E-state index contributed by atoms with van der Waals surface area (Å²) in [4.78, 5) is 19.8. The Labute approximate surface area is 111 Å². The molecule has 0 aliphatic rings. The summed E-state index contributed by atoms with van der Waals surface area (Å²) < 4.78 is 36.8. The summed E-state index contributed by atoms with van der Waals surface area (Å²) in [6, 6.07) is 0. The molecule has 0 radical (unpaired) electrons. The number of halogens is 1. The van der Waals surface area contributed by atoms with Gasteiger partial charge in [0.05, 0.1) is 23.7 Å². The van der Waals surface area contributed by atoms with Crippen LogP contribution in [0.1, 0.15) is 35.2 Å². The van der Waals surface area contributed by atoms with Crippen LogP contribution >= 0.6 is 0 Å². The van der Waals surface area contributed by atoms with Gasteiger partial charge < -0.3 is 0 Å². The Bertz CT molecular complexity index is 560. The number of hydrogen-bond acceptors (Lipinski definition) is 5. The highest BCUT2D eigenvalue weighted by molar-refractivity contribution is 7.90. The number of rotatable bonds is 6. The van der Waals surface area contributed by atoms with Crippen LogP contribution in [0, 0.1) is 6.92 Å². The number of alkyl halides is 1. The molecule has 1 heterocycles. The van der Waals surface area contributed by atoms with Crippen LogP contribution in [0.2, 0.25) is 0 Å². The molecule has 0 unspecified atom stereocenters. The van der Waals surface area contributed by atoms with Crippen molar-refractivity contribution >= 4 is 15.9 Å². The fraction of sp³-hybridized carbons (Fsp3) is 0.545. The number of sulfonamides is 1. The molecule has 19 heavy (non-hydrogen) atoms. The highest BCUT2D eigenvalue weighted by Crippen LogP contribution is 2.07. The predicted molar refractivity (Wildman–Crippen MR) is 68.0 cm³/mol. The first kappa shape index (κ1) is 15.5. The molecule has 0 aliphatic carbocycles. The van der Waals surface area contributed by atoms with Gasteiger partial charge in [-0.15, -0.1) is 0 Å². The van der Waals surface area contributed by atoms with Gasteiger partial charge in [-0.05, 0) is 19.8 Å². The zero-order valence-corrected chi connectivity index (χ0v) is 11.6. The number of nitrogens with zero attached hydrogens (tertiary/aromatic N) is 2. The number of aromatic nitrogens is 2. The van der Waals surface area contributed by atoms with Gasteiger partial charge in [0.2, 0.25) is 10.0 Å². The average Bonchev–Trinajstić information content (AvgIpc) is 2.35. The van der Waals surface area contributed by atoms with Gasteiger partial charge in [-0.3, -0.25) is 9.18 Å². The lowest BCUT2D eigenvalue weighted by molar-refractivity contribution is 0.0979. The first-order valence-corrected chi connectivity index (χ1v) is 7.48. The summed E-state index contributed by atoms with van der Waals surface area (Å²) in [6.07, 6.45) is 1.63. The minimum Gasteiger partial charge on any atom is -0.268 e. The summed E-state index contributed by atoms with van der Waals surface area (Å²) >= 11 is 0. The number of aryl methyl sites for hydroxylation is 2. The zero-order chi connectivity index (χ0) is 14.5. The van der Waals surface area contributed by atoms with Gasteiger partial charge in [-0.25, -0.2) is 23.1 Å². The summed E-state index contributed by atoms with van der Waals surface area (Å²) in [6.45, 7) is 2.73. The van der Waals surface area contributed by atoms with Crippen LogP contribution in [0.3, 0.4) is 0 Å². The molecular formula is C11H16FN3O3S. The second kappa shape index (κ2) is 6.55. The lowest BCUT2D eigenvalue weighted by Gasteiger charge is -2.08. The van der Waals surface area contributed by atoms with Gasteiger partial charge in [-0.1, -0.05) is 6.92 Å². The molecule has 0 atom stereocenters. The third-order valence-corrected chi connectivity index (χ3v) is 3.69. The molecule has 0 aliphatic heterocycles. The molecule has 1 aromatic rings. The Morgan fingerprint density at radius 3 is 2.74 bits per heavy atom. The molecule has 8 heteroatoms. The second-order valence-electron chi connectivity index (χ2n) is 3.92. The Kier molecular flexibility index (Phi) is 5.34. The Hall–Kier alpha value is -1.57. The third-order valence-electron chi connectivity index (χ3n) is 2.36. The van der Waals surface area contributed by atoms with Crippen LogP contribution in [0.5, 0.6) is 0 Å². The van der Waals surface area contributed by atoms with E-state index in [-0.39, 0.29) is 12.0 Å². The van der Waals surface area contributed by atoms with E-state index in [0.717, 1.165) is 0 Å². The van der Waals surface area contributed by atoms with Crippen molar-refractivity contribution in [3.05, 3.63) is 23.3 Å². The smallest absolute Gasteiger partial charge is 0.268 e. The van der Waals surface area contributed by atoms with Crippen LogP contribution in [-0.2, 0) is 16.4 Å². The minimum atomic E-state index is -3.82.